The number of aliphatic carboxylic acids is 1. The number of hydrogen-bond donors (Lipinski definition) is 2. The molecule has 1 amide bonds. The maximum absolute atomic E-state index is 12.9. The summed E-state index contributed by atoms with van der Waals surface area (Å²) in [6, 6.07) is 14.3. The molecule has 27 heavy (non-hydrogen) atoms. The van der Waals surface area contributed by atoms with Gasteiger partial charge in [0, 0.05) is 11.3 Å². The van der Waals surface area contributed by atoms with Crippen LogP contribution in [0.4, 0.5) is 5.69 Å². The third-order valence-corrected chi connectivity index (χ3v) is 4.51. The molecule has 0 unspecified atom stereocenters. The van der Waals surface area contributed by atoms with Gasteiger partial charge >= 0.3 is 11.9 Å². The van der Waals surface area contributed by atoms with E-state index in [-0.39, 0.29) is 11.1 Å². The van der Waals surface area contributed by atoms with E-state index in [1.54, 1.807) is 6.07 Å². The van der Waals surface area contributed by atoms with Gasteiger partial charge in [0.05, 0.1) is 5.39 Å². The molecule has 0 fully saturated rings. The Balaban J connectivity index is 1.78. The third kappa shape index (κ3) is 3.13. The maximum Gasteiger partial charge on any atom is 0.394 e. The summed E-state index contributed by atoms with van der Waals surface area (Å²) >= 11 is 0. The molecular weight excluding hydrogens is 346 g/mol. The first-order chi connectivity index (χ1) is 13.0. The smallest absolute Gasteiger partial charge is 0.394 e. The van der Waals surface area contributed by atoms with E-state index in [1.165, 1.54) is 12.1 Å². The van der Waals surface area contributed by atoms with Gasteiger partial charge in [-0.1, -0.05) is 30.3 Å². The Bertz CT molecular complexity index is 1160. The van der Waals surface area contributed by atoms with Crippen LogP contribution in [-0.4, -0.2) is 17.0 Å². The fourth-order valence-corrected chi connectivity index (χ4v) is 3.24. The number of nitrogens with one attached hydrogen (secondary N) is 1. The van der Waals surface area contributed by atoms with Crippen LogP contribution in [0, 0.1) is 0 Å². The van der Waals surface area contributed by atoms with Crippen molar-refractivity contribution in [2.45, 2.75) is 12.8 Å². The lowest BCUT2D eigenvalue weighted by molar-refractivity contribution is -0.147. The quantitative estimate of drug-likeness (QED) is 0.683. The van der Waals surface area contributed by atoms with Gasteiger partial charge in [0.1, 0.15) is 11.3 Å². The molecule has 6 heteroatoms. The number of carboxylic acid groups (broad SMARTS) is 1. The number of carbonyl (C=O) groups excluding carboxylic acids is 1. The molecule has 0 saturated carbocycles. The number of hydrogen-bond acceptors (Lipinski definition) is 4. The number of carbonyl (C=O) groups is 2. The van der Waals surface area contributed by atoms with Gasteiger partial charge in [0.25, 0.3) is 0 Å². The molecule has 0 radical (unpaired) electrons. The summed E-state index contributed by atoms with van der Waals surface area (Å²) < 4.78 is 5.98. The summed E-state index contributed by atoms with van der Waals surface area (Å²) in [6.45, 7) is 0. The zero-order valence-corrected chi connectivity index (χ0v) is 14.2. The van der Waals surface area contributed by atoms with Crippen LogP contribution in [0.25, 0.3) is 22.6 Å². The molecular formula is C21H15NO5. The second kappa shape index (κ2) is 6.57. The Kier molecular flexibility index (Phi) is 4.08. The first-order valence-electron chi connectivity index (χ1n) is 8.43. The van der Waals surface area contributed by atoms with Crippen LogP contribution in [-0.2, 0) is 16.0 Å². The van der Waals surface area contributed by atoms with Crippen molar-refractivity contribution in [3.63, 3.8) is 0 Å². The highest BCUT2D eigenvalue weighted by atomic mass is 16.4. The Hall–Kier alpha value is -3.67. The molecule has 0 spiro atoms. The standard InChI is InChI=1S/C21H15NO5/c23-18-15-8-6-13(10-12-4-2-1-3-5-12)19(15)27-17-9-7-14(11-16(17)18)22-20(24)21(25)26/h1-5,7,9-11H,6,8H2,(H,22,24)(H,25,26). The summed E-state index contributed by atoms with van der Waals surface area (Å²) in [7, 11) is 0. The number of carboxylic acids is 1. The highest BCUT2D eigenvalue weighted by Gasteiger charge is 2.24. The summed E-state index contributed by atoms with van der Waals surface area (Å²) in [5.41, 5.74) is 3.09. The van der Waals surface area contributed by atoms with E-state index in [1.807, 2.05) is 36.4 Å². The highest BCUT2D eigenvalue weighted by Crippen LogP contribution is 2.34. The molecule has 1 heterocycles. The minimum Gasteiger partial charge on any atom is -0.474 e. The Morgan fingerprint density at radius 2 is 1.85 bits per heavy atom. The van der Waals surface area contributed by atoms with Crippen LogP contribution in [0.3, 0.4) is 0 Å². The Morgan fingerprint density at radius 1 is 1.07 bits per heavy atom. The number of anilines is 1. The SMILES string of the molecule is O=C(O)C(=O)Nc1ccc2oc3c(c(=O)c2c1)CCC3=Cc1ccccc1. The molecule has 3 aromatic rings. The first kappa shape index (κ1) is 16.8. The normalized spacial score (nSPS) is 14.3. The predicted octanol–water partition coefficient (Wildman–Crippen LogP) is 3.30. The van der Waals surface area contributed by atoms with Gasteiger partial charge in [-0.15, -0.1) is 0 Å². The lowest BCUT2D eigenvalue weighted by Gasteiger charge is -2.06. The van der Waals surface area contributed by atoms with Gasteiger partial charge in [-0.3, -0.25) is 9.59 Å². The van der Waals surface area contributed by atoms with Gasteiger partial charge in [-0.25, -0.2) is 4.79 Å². The van der Waals surface area contributed by atoms with Crippen LogP contribution < -0.4 is 10.7 Å². The second-order valence-corrected chi connectivity index (χ2v) is 6.29. The van der Waals surface area contributed by atoms with Crippen molar-refractivity contribution < 1.29 is 19.1 Å². The van der Waals surface area contributed by atoms with Crippen LogP contribution in [0.1, 0.15) is 23.3 Å². The van der Waals surface area contributed by atoms with Crippen LogP contribution >= 0.6 is 0 Å². The fourth-order valence-electron chi connectivity index (χ4n) is 3.24. The van der Waals surface area contributed by atoms with Crippen LogP contribution in [0.15, 0.2) is 57.7 Å². The molecule has 0 bridgehead atoms. The number of fused-ring (bicyclic) bond motifs is 2. The lowest BCUT2D eigenvalue weighted by atomic mass is 10.1. The average molecular weight is 361 g/mol. The molecule has 0 saturated heterocycles. The van der Waals surface area contributed by atoms with Crippen LogP contribution in [0.2, 0.25) is 0 Å². The van der Waals surface area contributed by atoms with Crippen molar-refractivity contribution in [1.29, 1.82) is 0 Å². The van der Waals surface area contributed by atoms with E-state index in [2.05, 4.69) is 5.32 Å². The minimum atomic E-state index is -1.59. The van der Waals surface area contributed by atoms with Crippen molar-refractivity contribution >= 4 is 40.2 Å². The van der Waals surface area contributed by atoms with Crippen molar-refractivity contribution in [1.82, 2.24) is 0 Å². The number of amides is 1. The molecule has 6 nitrogen and oxygen atoms in total. The monoisotopic (exact) mass is 361 g/mol. The first-order valence-corrected chi connectivity index (χ1v) is 8.43. The summed E-state index contributed by atoms with van der Waals surface area (Å²) in [6.07, 6.45) is 3.31. The fraction of sp³-hybridized carbons (Fsp3) is 0.0952. The maximum atomic E-state index is 12.9. The van der Waals surface area contributed by atoms with Gasteiger partial charge in [0.15, 0.2) is 5.43 Å². The molecule has 2 aromatic carbocycles. The van der Waals surface area contributed by atoms with Crippen molar-refractivity contribution in [2.24, 2.45) is 0 Å². The van der Waals surface area contributed by atoms with E-state index >= 15 is 0 Å². The highest BCUT2D eigenvalue weighted by molar-refractivity contribution is 6.36. The number of allylic oxidation sites excluding steroid dienone is 1. The van der Waals surface area contributed by atoms with E-state index in [0.717, 1.165) is 11.1 Å². The lowest BCUT2D eigenvalue weighted by Crippen LogP contribution is -2.21. The summed E-state index contributed by atoms with van der Waals surface area (Å²) in [5, 5.41) is 11.2. The molecule has 0 atom stereocenters. The van der Waals surface area contributed by atoms with Gasteiger partial charge in [0.2, 0.25) is 0 Å². The number of rotatable bonds is 2. The summed E-state index contributed by atoms with van der Waals surface area (Å²) in [5.74, 6) is -2.15. The van der Waals surface area contributed by atoms with E-state index in [9.17, 15) is 14.4 Å². The molecule has 134 valence electrons. The summed E-state index contributed by atoms with van der Waals surface area (Å²) in [4.78, 5) is 34.9. The van der Waals surface area contributed by atoms with Crippen molar-refractivity contribution in [2.75, 3.05) is 5.32 Å². The second-order valence-electron chi connectivity index (χ2n) is 6.29. The average Bonchev–Trinajstić information content (AvgIpc) is 3.06. The van der Waals surface area contributed by atoms with E-state index in [4.69, 9.17) is 9.52 Å². The van der Waals surface area contributed by atoms with E-state index in [0.29, 0.717) is 35.1 Å². The van der Waals surface area contributed by atoms with E-state index < -0.39 is 11.9 Å². The topological polar surface area (TPSA) is 96.6 Å². The minimum absolute atomic E-state index is 0.158. The van der Waals surface area contributed by atoms with Crippen LogP contribution in [0.5, 0.6) is 0 Å². The molecule has 4 rings (SSSR count). The number of benzene rings is 2. The predicted molar refractivity (Wildman–Crippen MR) is 101 cm³/mol. The van der Waals surface area contributed by atoms with Gasteiger partial charge < -0.3 is 14.8 Å². The molecule has 0 aliphatic heterocycles. The molecule has 2 N–H and O–H groups in total. The largest absolute Gasteiger partial charge is 0.474 e. The van der Waals surface area contributed by atoms with Crippen molar-refractivity contribution in [3.05, 3.63) is 75.6 Å². The molecule has 1 aromatic heterocycles. The Morgan fingerprint density at radius 3 is 2.59 bits per heavy atom. The van der Waals surface area contributed by atoms with Gasteiger partial charge in [-0.2, -0.15) is 0 Å². The molecule has 1 aliphatic carbocycles. The Labute approximate surface area is 153 Å². The zero-order valence-electron chi connectivity index (χ0n) is 14.2. The van der Waals surface area contributed by atoms with Gasteiger partial charge in [-0.05, 0) is 48.3 Å². The van der Waals surface area contributed by atoms with Crippen molar-refractivity contribution in [3.8, 4) is 0 Å². The zero-order chi connectivity index (χ0) is 19.0. The molecule has 1 aliphatic rings. The third-order valence-electron chi connectivity index (χ3n) is 4.51.